The largest absolute Gasteiger partial charge is 0.394 e. The average Bonchev–Trinajstić information content (AvgIpc) is 2.48. The van der Waals surface area contributed by atoms with Crippen LogP contribution in [0.2, 0.25) is 0 Å². The summed E-state index contributed by atoms with van der Waals surface area (Å²) in [6.45, 7) is 4.52. The quantitative estimate of drug-likeness (QED) is 0.898. The number of aryl methyl sites for hydroxylation is 1. The molecule has 1 aliphatic rings. The van der Waals surface area contributed by atoms with Crippen LogP contribution in [0, 0.1) is 12.8 Å². The number of hydrogen-bond donors (Lipinski definition) is 2. The van der Waals surface area contributed by atoms with Gasteiger partial charge in [-0.25, -0.2) is 4.98 Å². The second-order valence-corrected chi connectivity index (χ2v) is 6.61. The molecule has 1 aromatic carbocycles. The van der Waals surface area contributed by atoms with Crippen molar-refractivity contribution in [2.24, 2.45) is 5.92 Å². The van der Waals surface area contributed by atoms with E-state index in [4.69, 9.17) is 4.98 Å². The second-order valence-electron chi connectivity index (χ2n) is 6.61. The molecule has 1 saturated carbocycles. The first kappa shape index (κ1) is 14.3. The summed E-state index contributed by atoms with van der Waals surface area (Å²) in [5.41, 5.74) is 1.93. The van der Waals surface area contributed by atoms with Gasteiger partial charge in [0, 0.05) is 5.39 Å². The van der Waals surface area contributed by atoms with E-state index in [1.165, 1.54) is 12.8 Å². The maximum Gasteiger partial charge on any atom is 0.130 e. The van der Waals surface area contributed by atoms with Gasteiger partial charge in [0.2, 0.25) is 0 Å². The molecule has 2 atom stereocenters. The number of anilines is 1. The summed E-state index contributed by atoms with van der Waals surface area (Å²) in [6, 6.07) is 10.3. The van der Waals surface area contributed by atoms with Crippen molar-refractivity contribution < 1.29 is 5.11 Å². The first-order valence-electron chi connectivity index (χ1n) is 7.87. The molecule has 0 spiro atoms. The molecule has 2 N–H and O–H groups in total. The number of fused-ring (bicyclic) bond motifs is 1. The molecular weight excluding hydrogens is 260 g/mol. The number of nitrogens with one attached hydrogen (secondary N) is 1. The molecule has 1 aliphatic carbocycles. The van der Waals surface area contributed by atoms with Crippen LogP contribution in [0.5, 0.6) is 0 Å². The van der Waals surface area contributed by atoms with Gasteiger partial charge in [-0.15, -0.1) is 0 Å². The van der Waals surface area contributed by atoms with Crippen LogP contribution in [-0.4, -0.2) is 22.2 Å². The van der Waals surface area contributed by atoms with E-state index in [-0.39, 0.29) is 12.1 Å². The number of nitrogens with zero attached hydrogens (tertiary/aromatic N) is 1. The van der Waals surface area contributed by atoms with Crippen LogP contribution in [0.1, 0.15) is 38.2 Å². The maximum atomic E-state index is 9.93. The highest BCUT2D eigenvalue weighted by molar-refractivity contribution is 5.81. The zero-order chi connectivity index (χ0) is 14.9. The van der Waals surface area contributed by atoms with E-state index in [1.807, 2.05) is 18.2 Å². The molecule has 0 saturated heterocycles. The van der Waals surface area contributed by atoms with Gasteiger partial charge in [-0.3, -0.25) is 0 Å². The molecule has 2 aromatic rings. The Morgan fingerprint density at radius 3 is 2.95 bits per heavy atom. The Morgan fingerprint density at radius 1 is 1.38 bits per heavy atom. The second kappa shape index (κ2) is 5.64. The van der Waals surface area contributed by atoms with Gasteiger partial charge < -0.3 is 10.4 Å². The number of rotatable bonds is 3. The van der Waals surface area contributed by atoms with Crippen molar-refractivity contribution in [1.29, 1.82) is 0 Å². The molecule has 1 fully saturated rings. The molecule has 3 nitrogen and oxygen atoms in total. The monoisotopic (exact) mass is 284 g/mol. The fraction of sp³-hybridized carbons (Fsp3) is 0.500. The molecule has 2 unspecified atom stereocenters. The lowest BCUT2D eigenvalue weighted by Crippen LogP contribution is -2.46. The summed E-state index contributed by atoms with van der Waals surface area (Å²) in [5, 5.41) is 14.7. The number of para-hydroxylation sites is 1. The molecule has 3 heteroatoms. The normalized spacial score (nSPS) is 26.0. The van der Waals surface area contributed by atoms with Crippen molar-refractivity contribution in [3.8, 4) is 0 Å². The Labute approximate surface area is 126 Å². The number of aromatic nitrogens is 1. The molecule has 3 rings (SSSR count). The molecule has 0 amide bonds. The number of aliphatic hydroxyl groups excluding tert-OH is 1. The van der Waals surface area contributed by atoms with Gasteiger partial charge in [0.25, 0.3) is 0 Å². The van der Waals surface area contributed by atoms with Gasteiger partial charge in [0.05, 0.1) is 17.7 Å². The van der Waals surface area contributed by atoms with Crippen LogP contribution in [0.4, 0.5) is 5.82 Å². The first-order chi connectivity index (χ1) is 10.1. The highest BCUT2D eigenvalue weighted by atomic mass is 16.3. The third kappa shape index (κ3) is 2.88. The van der Waals surface area contributed by atoms with Crippen molar-refractivity contribution in [3.05, 3.63) is 35.9 Å². The number of hydrogen-bond acceptors (Lipinski definition) is 3. The predicted molar refractivity (Wildman–Crippen MR) is 87.6 cm³/mol. The van der Waals surface area contributed by atoms with Gasteiger partial charge >= 0.3 is 0 Å². The summed E-state index contributed by atoms with van der Waals surface area (Å²) in [7, 11) is 0. The van der Waals surface area contributed by atoms with Crippen LogP contribution in [0.15, 0.2) is 30.3 Å². The van der Waals surface area contributed by atoms with Gasteiger partial charge in [-0.1, -0.05) is 38.0 Å². The van der Waals surface area contributed by atoms with Crippen molar-refractivity contribution >= 4 is 16.7 Å². The third-order valence-corrected chi connectivity index (χ3v) is 4.69. The van der Waals surface area contributed by atoms with Gasteiger partial charge in [-0.05, 0) is 43.4 Å². The Morgan fingerprint density at radius 2 is 2.19 bits per heavy atom. The zero-order valence-corrected chi connectivity index (χ0v) is 12.9. The maximum absolute atomic E-state index is 9.93. The summed E-state index contributed by atoms with van der Waals surface area (Å²) in [4.78, 5) is 4.76. The molecule has 1 heterocycles. The molecule has 0 bridgehead atoms. The van der Waals surface area contributed by atoms with Crippen molar-refractivity contribution in [2.75, 3.05) is 11.9 Å². The van der Waals surface area contributed by atoms with E-state index in [0.29, 0.717) is 5.92 Å². The highest BCUT2D eigenvalue weighted by Crippen LogP contribution is 2.35. The van der Waals surface area contributed by atoms with Crippen LogP contribution >= 0.6 is 0 Å². The number of benzene rings is 1. The SMILES string of the molecule is Cc1cc2ccccc2nc1NC1(CO)CCCC(C)C1. The fourth-order valence-corrected chi connectivity index (χ4v) is 3.56. The highest BCUT2D eigenvalue weighted by Gasteiger charge is 2.34. The van der Waals surface area contributed by atoms with Crippen molar-refractivity contribution in [2.45, 2.75) is 45.1 Å². The van der Waals surface area contributed by atoms with E-state index in [0.717, 1.165) is 35.1 Å². The summed E-state index contributed by atoms with van der Waals surface area (Å²) < 4.78 is 0. The Kier molecular flexibility index (Phi) is 3.85. The fourth-order valence-electron chi connectivity index (χ4n) is 3.56. The molecule has 1 aromatic heterocycles. The molecule has 0 aliphatic heterocycles. The lowest BCUT2D eigenvalue weighted by Gasteiger charge is -2.40. The van der Waals surface area contributed by atoms with E-state index in [2.05, 4.69) is 31.3 Å². The smallest absolute Gasteiger partial charge is 0.130 e. The molecule has 112 valence electrons. The van der Waals surface area contributed by atoms with Crippen LogP contribution in [-0.2, 0) is 0 Å². The Bertz CT molecular complexity index is 640. The third-order valence-electron chi connectivity index (χ3n) is 4.69. The Balaban J connectivity index is 1.94. The molecule has 21 heavy (non-hydrogen) atoms. The molecule has 0 radical (unpaired) electrons. The lowest BCUT2D eigenvalue weighted by molar-refractivity contribution is 0.149. The van der Waals surface area contributed by atoms with Gasteiger partial charge in [-0.2, -0.15) is 0 Å². The minimum atomic E-state index is -0.210. The van der Waals surface area contributed by atoms with Crippen molar-refractivity contribution in [1.82, 2.24) is 4.98 Å². The van der Waals surface area contributed by atoms with E-state index >= 15 is 0 Å². The Hall–Kier alpha value is -1.61. The van der Waals surface area contributed by atoms with Crippen LogP contribution < -0.4 is 5.32 Å². The number of pyridine rings is 1. The van der Waals surface area contributed by atoms with Crippen molar-refractivity contribution in [3.63, 3.8) is 0 Å². The topological polar surface area (TPSA) is 45.2 Å². The number of aliphatic hydroxyl groups is 1. The summed E-state index contributed by atoms with van der Waals surface area (Å²) >= 11 is 0. The first-order valence-corrected chi connectivity index (χ1v) is 7.87. The zero-order valence-electron chi connectivity index (χ0n) is 12.9. The average molecular weight is 284 g/mol. The summed E-state index contributed by atoms with van der Waals surface area (Å²) in [6.07, 6.45) is 4.45. The molecular formula is C18H24N2O. The van der Waals surface area contributed by atoms with Gasteiger partial charge in [0.15, 0.2) is 0 Å². The van der Waals surface area contributed by atoms with E-state index < -0.39 is 0 Å². The lowest BCUT2D eigenvalue weighted by atomic mass is 9.77. The van der Waals surface area contributed by atoms with Crippen LogP contribution in [0.3, 0.4) is 0 Å². The minimum absolute atomic E-state index is 0.172. The van der Waals surface area contributed by atoms with E-state index in [9.17, 15) is 5.11 Å². The standard InChI is InChI=1S/C18H24N2O/c1-13-6-5-9-18(11-13,12-21)20-17-14(2)10-15-7-3-4-8-16(15)19-17/h3-4,7-8,10,13,21H,5-6,9,11-12H2,1-2H3,(H,19,20). The van der Waals surface area contributed by atoms with Gasteiger partial charge in [0.1, 0.15) is 5.82 Å². The van der Waals surface area contributed by atoms with E-state index in [1.54, 1.807) is 0 Å². The summed E-state index contributed by atoms with van der Waals surface area (Å²) in [5.74, 6) is 1.57. The minimum Gasteiger partial charge on any atom is -0.394 e. The van der Waals surface area contributed by atoms with Crippen LogP contribution in [0.25, 0.3) is 10.9 Å². The predicted octanol–water partition coefficient (Wildman–Crippen LogP) is 3.90.